The van der Waals surface area contributed by atoms with Gasteiger partial charge in [0.15, 0.2) is 0 Å². The molecule has 2 aromatic rings. The standard InChI is InChI=1S/C18H23NO3/c20-13-17-9-8-16(22-17)12-19-10-4-7-15(19)11-18(21)14-5-2-1-3-6-14/h1-3,5-6,8-9,15,18,20-21H,4,7,10-13H2/t15-,18+/m1/s1. The first-order valence-corrected chi connectivity index (χ1v) is 7.92. The second kappa shape index (κ2) is 7.09. The van der Waals surface area contributed by atoms with Gasteiger partial charge in [-0.1, -0.05) is 30.3 Å². The Kier molecular flexibility index (Phi) is 4.93. The third-order valence-electron chi connectivity index (χ3n) is 4.41. The average Bonchev–Trinajstić information content (AvgIpc) is 3.18. The molecular formula is C18H23NO3. The Balaban J connectivity index is 1.60. The second-order valence-corrected chi connectivity index (χ2v) is 5.95. The number of benzene rings is 1. The van der Waals surface area contributed by atoms with Crippen LogP contribution in [0, 0.1) is 0 Å². The van der Waals surface area contributed by atoms with Gasteiger partial charge in [0.25, 0.3) is 0 Å². The third-order valence-corrected chi connectivity index (χ3v) is 4.41. The van der Waals surface area contributed by atoms with Gasteiger partial charge in [-0.05, 0) is 43.5 Å². The largest absolute Gasteiger partial charge is 0.462 e. The second-order valence-electron chi connectivity index (χ2n) is 5.95. The summed E-state index contributed by atoms with van der Waals surface area (Å²) in [6.45, 7) is 1.71. The molecule has 1 aromatic heterocycles. The van der Waals surface area contributed by atoms with Gasteiger partial charge in [0.2, 0.25) is 0 Å². The van der Waals surface area contributed by atoms with Gasteiger partial charge in [-0.25, -0.2) is 0 Å². The number of aliphatic hydroxyl groups is 2. The van der Waals surface area contributed by atoms with Crippen LogP contribution in [0.1, 0.15) is 42.5 Å². The first-order valence-electron chi connectivity index (χ1n) is 7.92. The summed E-state index contributed by atoms with van der Waals surface area (Å²) in [5.74, 6) is 1.49. The van der Waals surface area contributed by atoms with Gasteiger partial charge in [0, 0.05) is 6.04 Å². The van der Waals surface area contributed by atoms with Crippen molar-refractivity contribution in [2.45, 2.75) is 44.6 Å². The van der Waals surface area contributed by atoms with Crippen molar-refractivity contribution in [1.82, 2.24) is 4.90 Å². The van der Waals surface area contributed by atoms with E-state index in [1.165, 1.54) is 0 Å². The van der Waals surface area contributed by atoms with Crippen LogP contribution >= 0.6 is 0 Å². The van der Waals surface area contributed by atoms with Crippen LogP contribution in [0.4, 0.5) is 0 Å². The zero-order valence-corrected chi connectivity index (χ0v) is 12.7. The molecule has 1 saturated heterocycles. The molecule has 1 fully saturated rings. The van der Waals surface area contributed by atoms with E-state index in [0.717, 1.165) is 43.7 Å². The molecule has 1 aliphatic rings. The minimum Gasteiger partial charge on any atom is -0.462 e. The lowest BCUT2D eigenvalue weighted by Gasteiger charge is -2.25. The lowest BCUT2D eigenvalue weighted by atomic mass is 10.0. The molecule has 3 rings (SSSR count). The van der Waals surface area contributed by atoms with E-state index < -0.39 is 6.10 Å². The average molecular weight is 301 g/mol. The highest BCUT2D eigenvalue weighted by atomic mass is 16.4. The maximum Gasteiger partial charge on any atom is 0.129 e. The number of hydrogen-bond acceptors (Lipinski definition) is 4. The predicted octanol–water partition coefficient (Wildman–Crippen LogP) is 2.86. The van der Waals surface area contributed by atoms with Gasteiger partial charge in [0.1, 0.15) is 18.1 Å². The monoisotopic (exact) mass is 301 g/mol. The zero-order valence-electron chi connectivity index (χ0n) is 12.7. The lowest BCUT2D eigenvalue weighted by Crippen LogP contribution is -2.30. The van der Waals surface area contributed by atoms with Crippen LogP contribution in [0.15, 0.2) is 46.9 Å². The number of hydrogen-bond donors (Lipinski definition) is 2. The van der Waals surface area contributed by atoms with Crippen molar-refractivity contribution in [3.8, 4) is 0 Å². The van der Waals surface area contributed by atoms with E-state index in [4.69, 9.17) is 9.52 Å². The maximum absolute atomic E-state index is 10.4. The van der Waals surface area contributed by atoms with Gasteiger partial charge in [-0.15, -0.1) is 0 Å². The van der Waals surface area contributed by atoms with Crippen molar-refractivity contribution in [3.63, 3.8) is 0 Å². The first kappa shape index (κ1) is 15.3. The molecule has 2 heterocycles. The van der Waals surface area contributed by atoms with E-state index in [-0.39, 0.29) is 6.61 Å². The van der Waals surface area contributed by atoms with Gasteiger partial charge >= 0.3 is 0 Å². The van der Waals surface area contributed by atoms with E-state index in [0.29, 0.717) is 11.8 Å². The summed E-state index contributed by atoms with van der Waals surface area (Å²) >= 11 is 0. The molecular weight excluding hydrogens is 278 g/mol. The normalized spacial score (nSPS) is 20.4. The molecule has 0 radical (unpaired) electrons. The summed E-state index contributed by atoms with van der Waals surface area (Å²) in [6, 6.07) is 14.0. The van der Waals surface area contributed by atoms with Crippen LogP contribution in [0.3, 0.4) is 0 Å². The topological polar surface area (TPSA) is 56.8 Å². The van der Waals surface area contributed by atoms with Crippen molar-refractivity contribution >= 4 is 0 Å². The number of rotatable bonds is 6. The minimum absolute atomic E-state index is 0.0594. The lowest BCUT2D eigenvalue weighted by molar-refractivity contribution is 0.114. The summed E-state index contributed by atoms with van der Waals surface area (Å²) in [7, 11) is 0. The molecule has 2 N–H and O–H groups in total. The first-order chi connectivity index (χ1) is 10.8. The van der Waals surface area contributed by atoms with E-state index in [9.17, 15) is 5.11 Å². The predicted molar refractivity (Wildman–Crippen MR) is 84.1 cm³/mol. The minimum atomic E-state index is -0.420. The fraction of sp³-hybridized carbons (Fsp3) is 0.444. The highest BCUT2D eigenvalue weighted by Gasteiger charge is 2.27. The fourth-order valence-electron chi connectivity index (χ4n) is 3.23. The van der Waals surface area contributed by atoms with Crippen LogP contribution < -0.4 is 0 Å². The molecule has 0 saturated carbocycles. The SMILES string of the molecule is OCc1ccc(CN2CCC[C@@H]2C[C@H](O)c2ccccc2)o1. The maximum atomic E-state index is 10.4. The Hall–Kier alpha value is -1.62. The summed E-state index contributed by atoms with van der Waals surface area (Å²) in [5, 5.41) is 19.5. The molecule has 0 aliphatic carbocycles. The van der Waals surface area contributed by atoms with E-state index >= 15 is 0 Å². The van der Waals surface area contributed by atoms with Crippen molar-refractivity contribution in [3.05, 3.63) is 59.5 Å². The Morgan fingerprint density at radius 1 is 1.14 bits per heavy atom. The third kappa shape index (κ3) is 3.58. The summed E-state index contributed by atoms with van der Waals surface area (Å²) in [4.78, 5) is 2.37. The molecule has 1 aromatic carbocycles. The zero-order chi connectivity index (χ0) is 15.4. The van der Waals surface area contributed by atoms with E-state index in [1.807, 2.05) is 42.5 Å². The molecule has 1 aliphatic heterocycles. The van der Waals surface area contributed by atoms with Crippen molar-refractivity contribution in [1.29, 1.82) is 0 Å². The number of likely N-dealkylation sites (tertiary alicyclic amines) is 1. The molecule has 0 amide bonds. The van der Waals surface area contributed by atoms with Crippen molar-refractivity contribution in [2.24, 2.45) is 0 Å². The van der Waals surface area contributed by atoms with Gasteiger partial charge in [-0.2, -0.15) is 0 Å². The van der Waals surface area contributed by atoms with Gasteiger partial charge in [-0.3, -0.25) is 4.90 Å². The summed E-state index contributed by atoms with van der Waals surface area (Å²) in [5.41, 5.74) is 0.981. The summed E-state index contributed by atoms with van der Waals surface area (Å²) < 4.78 is 5.58. The summed E-state index contributed by atoms with van der Waals surface area (Å²) in [6.07, 6.45) is 2.59. The van der Waals surface area contributed by atoms with Gasteiger partial charge < -0.3 is 14.6 Å². The molecule has 118 valence electrons. The Morgan fingerprint density at radius 3 is 2.64 bits per heavy atom. The van der Waals surface area contributed by atoms with Crippen molar-refractivity contribution < 1.29 is 14.6 Å². The molecule has 22 heavy (non-hydrogen) atoms. The van der Waals surface area contributed by atoms with Crippen LogP contribution in [-0.2, 0) is 13.2 Å². The Bertz CT molecular complexity index is 581. The quantitative estimate of drug-likeness (QED) is 0.861. The number of nitrogens with zero attached hydrogens (tertiary/aromatic N) is 1. The molecule has 4 nitrogen and oxygen atoms in total. The molecule has 0 spiro atoms. The van der Waals surface area contributed by atoms with E-state index in [1.54, 1.807) is 0 Å². The fourth-order valence-corrected chi connectivity index (χ4v) is 3.23. The highest BCUT2D eigenvalue weighted by molar-refractivity contribution is 5.17. The smallest absolute Gasteiger partial charge is 0.129 e. The van der Waals surface area contributed by atoms with Crippen LogP contribution in [0.2, 0.25) is 0 Å². The molecule has 4 heteroatoms. The Labute approximate surface area is 131 Å². The van der Waals surface area contributed by atoms with E-state index in [2.05, 4.69) is 4.90 Å². The van der Waals surface area contributed by atoms with Crippen LogP contribution in [0.25, 0.3) is 0 Å². The Morgan fingerprint density at radius 2 is 1.91 bits per heavy atom. The molecule has 0 unspecified atom stereocenters. The van der Waals surface area contributed by atoms with Gasteiger partial charge in [0.05, 0.1) is 12.6 Å². The number of aliphatic hydroxyl groups excluding tert-OH is 2. The molecule has 0 bridgehead atoms. The van der Waals surface area contributed by atoms with Crippen LogP contribution in [0.5, 0.6) is 0 Å². The van der Waals surface area contributed by atoms with Crippen molar-refractivity contribution in [2.75, 3.05) is 6.54 Å². The molecule has 2 atom stereocenters. The highest BCUT2D eigenvalue weighted by Crippen LogP contribution is 2.28. The number of furan rings is 1. The van der Waals surface area contributed by atoms with Crippen LogP contribution in [-0.4, -0.2) is 27.7 Å².